The van der Waals surface area contributed by atoms with Gasteiger partial charge in [-0.1, -0.05) is 30.3 Å². The molecule has 1 unspecified atom stereocenters. The van der Waals surface area contributed by atoms with E-state index >= 15 is 0 Å². The van der Waals surface area contributed by atoms with E-state index in [1.165, 1.54) is 0 Å². The highest BCUT2D eigenvalue weighted by molar-refractivity contribution is 6.08. The van der Waals surface area contributed by atoms with Gasteiger partial charge in [-0.3, -0.25) is 9.59 Å². The molecule has 0 aliphatic carbocycles. The third-order valence-corrected chi connectivity index (χ3v) is 3.67. The van der Waals surface area contributed by atoms with Gasteiger partial charge in [0.2, 0.25) is 0 Å². The number of hydrogen-bond donors (Lipinski definition) is 2. The number of aliphatic hydroxyl groups is 1. The Balaban J connectivity index is 2.15. The first-order chi connectivity index (χ1) is 11.5. The molecule has 0 spiro atoms. The van der Waals surface area contributed by atoms with Crippen LogP contribution in [0.3, 0.4) is 0 Å². The van der Waals surface area contributed by atoms with Crippen molar-refractivity contribution in [2.24, 2.45) is 0 Å². The Hall–Kier alpha value is -2.66. The van der Waals surface area contributed by atoms with Crippen molar-refractivity contribution < 1.29 is 14.7 Å². The molecule has 0 saturated carbocycles. The summed E-state index contributed by atoms with van der Waals surface area (Å²) in [4.78, 5) is 26.4. The molecule has 2 aromatic rings. The standard InChI is InChI=1S/C19H22N2O3/c1-14(22)12-13-21(2)19(24)16-10-6-7-11-17(16)20-18(23)15-8-4-3-5-9-15/h3-11,14,22H,12-13H2,1-2H3,(H,20,23). The zero-order valence-corrected chi connectivity index (χ0v) is 13.9. The number of para-hydroxylation sites is 1. The van der Waals surface area contributed by atoms with Crippen molar-refractivity contribution >= 4 is 17.5 Å². The summed E-state index contributed by atoms with van der Waals surface area (Å²) in [7, 11) is 1.68. The molecule has 24 heavy (non-hydrogen) atoms. The molecule has 0 saturated heterocycles. The number of amides is 2. The number of benzene rings is 2. The lowest BCUT2D eigenvalue weighted by Gasteiger charge is -2.20. The van der Waals surface area contributed by atoms with Gasteiger partial charge in [-0.15, -0.1) is 0 Å². The smallest absolute Gasteiger partial charge is 0.255 e. The molecule has 5 nitrogen and oxygen atoms in total. The molecule has 0 radical (unpaired) electrons. The number of carbonyl (C=O) groups excluding carboxylic acids is 2. The van der Waals surface area contributed by atoms with Crippen molar-refractivity contribution in [3.05, 3.63) is 65.7 Å². The largest absolute Gasteiger partial charge is 0.393 e. The number of carbonyl (C=O) groups is 2. The molecular formula is C19H22N2O3. The van der Waals surface area contributed by atoms with Gasteiger partial charge in [0.1, 0.15) is 0 Å². The number of nitrogens with one attached hydrogen (secondary N) is 1. The Morgan fingerprint density at radius 2 is 1.71 bits per heavy atom. The average Bonchev–Trinajstić information content (AvgIpc) is 2.60. The van der Waals surface area contributed by atoms with E-state index in [1.807, 2.05) is 6.07 Å². The lowest BCUT2D eigenvalue weighted by molar-refractivity contribution is 0.0770. The minimum absolute atomic E-state index is 0.195. The number of aliphatic hydroxyl groups excluding tert-OH is 1. The maximum atomic E-state index is 12.6. The minimum Gasteiger partial charge on any atom is -0.393 e. The summed E-state index contributed by atoms with van der Waals surface area (Å²) in [5, 5.41) is 12.1. The van der Waals surface area contributed by atoms with Crippen molar-refractivity contribution in [2.75, 3.05) is 18.9 Å². The molecule has 0 aliphatic rings. The van der Waals surface area contributed by atoms with E-state index in [-0.39, 0.29) is 11.8 Å². The summed E-state index contributed by atoms with van der Waals surface area (Å²) < 4.78 is 0. The predicted octanol–water partition coefficient (Wildman–Crippen LogP) is 2.78. The maximum absolute atomic E-state index is 12.6. The molecule has 0 aromatic heterocycles. The summed E-state index contributed by atoms with van der Waals surface area (Å²) in [6, 6.07) is 15.8. The second-order valence-corrected chi connectivity index (χ2v) is 5.73. The van der Waals surface area contributed by atoms with Crippen LogP contribution in [0.1, 0.15) is 34.1 Å². The van der Waals surface area contributed by atoms with Crippen molar-refractivity contribution in [1.82, 2.24) is 4.90 Å². The minimum atomic E-state index is -0.465. The monoisotopic (exact) mass is 326 g/mol. The van der Waals surface area contributed by atoms with Gasteiger partial charge in [-0.25, -0.2) is 0 Å². The Morgan fingerprint density at radius 3 is 2.38 bits per heavy atom. The number of anilines is 1. The van der Waals surface area contributed by atoms with Gasteiger partial charge in [0.15, 0.2) is 0 Å². The van der Waals surface area contributed by atoms with Gasteiger partial charge >= 0.3 is 0 Å². The molecule has 2 amide bonds. The summed E-state index contributed by atoms with van der Waals surface area (Å²) in [6.07, 6.45) is 0.0362. The maximum Gasteiger partial charge on any atom is 0.255 e. The second-order valence-electron chi connectivity index (χ2n) is 5.73. The zero-order chi connectivity index (χ0) is 17.5. The van der Waals surface area contributed by atoms with E-state index in [0.717, 1.165) is 0 Å². The zero-order valence-electron chi connectivity index (χ0n) is 13.9. The van der Waals surface area contributed by atoms with Crippen LogP contribution in [-0.2, 0) is 0 Å². The van der Waals surface area contributed by atoms with Crippen molar-refractivity contribution in [2.45, 2.75) is 19.4 Å². The van der Waals surface area contributed by atoms with Gasteiger partial charge in [0.25, 0.3) is 11.8 Å². The normalized spacial score (nSPS) is 11.6. The number of hydrogen-bond acceptors (Lipinski definition) is 3. The van der Waals surface area contributed by atoms with Gasteiger partial charge < -0.3 is 15.3 Å². The highest BCUT2D eigenvalue weighted by Gasteiger charge is 2.17. The van der Waals surface area contributed by atoms with Crippen LogP contribution < -0.4 is 5.32 Å². The lowest BCUT2D eigenvalue weighted by atomic mass is 10.1. The van der Waals surface area contributed by atoms with Crippen molar-refractivity contribution in [3.63, 3.8) is 0 Å². The average molecular weight is 326 g/mol. The van der Waals surface area contributed by atoms with Crippen LogP contribution in [0.15, 0.2) is 54.6 Å². The molecule has 2 rings (SSSR count). The Bertz CT molecular complexity index is 699. The summed E-state index contributed by atoms with van der Waals surface area (Å²) in [6.45, 7) is 2.13. The van der Waals surface area contributed by atoms with E-state index in [1.54, 1.807) is 67.4 Å². The topological polar surface area (TPSA) is 69.6 Å². The Morgan fingerprint density at radius 1 is 1.08 bits per heavy atom. The van der Waals surface area contributed by atoms with Crippen LogP contribution in [0, 0.1) is 0 Å². The third-order valence-electron chi connectivity index (χ3n) is 3.67. The summed E-state index contributed by atoms with van der Waals surface area (Å²) in [5.41, 5.74) is 1.43. The van der Waals surface area contributed by atoms with Crippen LogP contribution in [0.4, 0.5) is 5.69 Å². The van der Waals surface area contributed by atoms with Crippen LogP contribution >= 0.6 is 0 Å². The molecule has 2 aromatic carbocycles. The van der Waals surface area contributed by atoms with Crippen LogP contribution in [0.25, 0.3) is 0 Å². The van der Waals surface area contributed by atoms with Gasteiger partial charge in [-0.05, 0) is 37.6 Å². The molecule has 2 N–H and O–H groups in total. The molecule has 126 valence electrons. The summed E-state index contributed by atoms with van der Waals surface area (Å²) >= 11 is 0. The number of nitrogens with zero attached hydrogens (tertiary/aromatic N) is 1. The first-order valence-electron chi connectivity index (χ1n) is 7.88. The SMILES string of the molecule is CC(O)CCN(C)C(=O)c1ccccc1NC(=O)c1ccccc1. The Labute approximate surface area is 141 Å². The third kappa shape index (κ3) is 4.67. The lowest BCUT2D eigenvalue weighted by Crippen LogP contribution is -2.30. The second kappa shape index (κ2) is 8.26. The quantitative estimate of drug-likeness (QED) is 0.857. The molecular weight excluding hydrogens is 304 g/mol. The molecule has 0 heterocycles. The molecule has 1 atom stereocenters. The van der Waals surface area contributed by atoms with E-state index < -0.39 is 6.10 Å². The first-order valence-corrected chi connectivity index (χ1v) is 7.88. The molecule has 5 heteroatoms. The molecule has 0 bridgehead atoms. The van der Waals surface area contributed by atoms with E-state index in [9.17, 15) is 14.7 Å². The van der Waals surface area contributed by atoms with Gasteiger partial charge in [0.05, 0.1) is 17.4 Å². The van der Waals surface area contributed by atoms with E-state index in [0.29, 0.717) is 29.8 Å². The Kier molecular flexibility index (Phi) is 6.09. The fraction of sp³-hybridized carbons (Fsp3) is 0.263. The van der Waals surface area contributed by atoms with E-state index in [2.05, 4.69) is 5.32 Å². The van der Waals surface area contributed by atoms with Gasteiger partial charge in [0, 0.05) is 19.2 Å². The number of rotatable bonds is 6. The highest BCUT2D eigenvalue weighted by atomic mass is 16.3. The van der Waals surface area contributed by atoms with Crippen molar-refractivity contribution in [1.29, 1.82) is 0 Å². The first kappa shape index (κ1) is 17.7. The van der Waals surface area contributed by atoms with Crippen LogP contribution in [0.5, 0.6) is 0 Å². The van der Waals surface area contributed by atoms with Crippen LogP contribution in [-0.4, -0.2) is 41.5 Å². The van der Waals surface area contributed by atoms with E-state index in [4.69, 9.17) is 0 Å². The van der Waals surface area contributed by atoms with Crippen molar-refractivity contribution in [3.8, 4) is 0 Å². The van der Waals surface area contributed by atoms with Crippen LogP contribution in [0.2, 0.25) is 0 Å². The fourth-order valence-electron chi connectivity index (χ4n) is 2.25. The highest BCUT2D eigenvalue weighted by Crippen LogP contribution is 2.18. The fourth-order valence-corrected chi connectivity index (χ4v) is 2.25. The summed E-state index contributed by atoms with van der Waals surface area (Å²) in [5.74, 6) is -0.456. The van der Waals surface area contributed by atoms with Gasteiger partial charge in [-0.2, -0.15) is 0 Å². The molecule has 0 fully saturated rings. The predicted molar refractivity (Wildman–Crippen MR) is 94.1 cm³/mol. The molecule has 0 aliphatic heterocycles.